The molecule has 4 rings (SSSR count). The van der Waals surface area contributed by atoms with Gasteiger partial charge < -0.3 is 4.40 Å². The highest BCUT2D eigenvalue weighted by Crippen LogP contribution is 2.26. The van der Waals surface area contributed by atoms with Gasteiger partial charge in [-0.15, -0.1) is 0 Å². The first kappa shape index (κ1) is 17.2. The fourth-order valence-electron chi connectivity index (χ4n) is 3.46. The minimum atomic E-state index is -3.11. The van der Waals surface area contributed by atoms with Gasteiger partial charge in [0.25, 0.3) is 0 Å². The van der Waals surface area contributed by atoms with Crippen molar-refractivity contribution in [2.75, 3.05) is 32.4 Å². The molecule has 1 saturated heterocycles. The van der Waals surface area contributed by atoms with E-state index < -0.39 is 10.0 Å². The molecule has 3 heterocycles. The lowest BCUT2D eigenvalue weighted by molar-refractivity contribution is 0.180. The van der Waals surface area contributed by atoms with E-state index in [4.69, 9.17) is 4.98 Å². The SMILES string of the molecule is CS(=O)(=O)N1CCN(Cc2c(-c3ccccc3)nc3ccccn23)CC1. The van der Waals surface area contributed by atoms with Gasteiger partial charge in [-0.2, -0.15) is 4.31 Å². The number of benzene rings is 1. The normalized spacial score (nSPS) is 17.0. The van der Waals surface area contributed by atoms with Crippen molar-refractivity contribution >= 4 is 15.7 Å². The van der Waals surface area contributed by atoms with E-state index in [2.05, 4.69) is 21.4 Å². The average Bonchev–Trinajstić information content (AvgIpc) is 3.01. The van der Waals surface area contributed by atoms with Crippen molar-refractivity contribution in [3.8, 4) is 11.3 Å². The van der Waals surface area contributed by atoms with Crippen LogP contribution in [0.2, 0.25) is 0 Å². The molecule has 1 aliphatic heterocycles. The van der Waals surface area contributed by atoms with Crippen LogP contribution < -0.4 is 0 Å². The summed E-state index contributed by atoms with van der Waals surface area (Å²) < 4.78 is 27.1. The molecule has 0 saturated carbocycles. The van der Waals surface area contributed by atoms with Crippen molar-refractivity contribution in [1.29, 1.82) is 0 Å². The smallest absolute Gasteiger partial charge is 0.211 e. The van der Waals surface area contributed by atoms with Gasteiger partial charge in [-0.1, -0.05) is 36.4 Å². The first-order chi connectivity index (χ1) is 12.5. The summed E-state index contributed by atoms with van der Waals surface area (Å²) in [6.45, 7) is 3.27. The number of rotatable bonds is 4. The Morgan fingerprint density at radius 2 is 1.65 bits per heavy atom. The molecule has 136 valence electrons. The van der Waals surface area contributed by atoms with Crippen LogP contribution in [0, 0.1) is 0 Å². The largest absolute Gasteiger partial charge is 0.302 e. The highest BCUT2D eigenvalue weighted by molar-refractivity contribution is 7.88. The number of nitrogens with zero attached hydrogens (tertiary/aromatic N) is 4. The van der Waals surface area contributed by atoms with Crippen LogP contribution in [0.25, 0.3) is 16.9 Å². The van der Waals surface area contributed by atoms with E-state index in [0.717, 1.165) is 42.2 Å². The first-order valence-electron chi connectivity index (χ1n) is 8.71. The Bertz CT molecular complexity index is 1010. The predicted octanol–water partition coefficient (Wildman–Crippen LogP) is 2.08. The van der Waals surface area contributed by atoms with Crippen molar-refractivity contribution in [1.82, 2.24) is 18.6 Å². The third-order valence-corrected chi connectivity index (χ3v) is 6.15. The van der Waals surface area contributed by atoms with Gasteiger partial charge in [0.2, 0.25) is 10.0 Å². The summed E-state index contributed by atoms with van der Waals surface area (Å²) in [6.07, 6.45) is 3.32. The number of aromatic nitrogens is 2. The molecule has 0 spiro atoms. The van der Waals surface area contributed by atoms with Gasteiger partial charge in [-0.3, -0.25) is 4.90 Å². The zero-order chi connectivity index (χ0) is 18.1. The molecule has 0 N–H and O–H groups in total. The number of piperazine rings is 1. The van der Waals surface area contributed by atoms with Gasteiger partial charge in [0.15, 0.2) is 0 Å². The van der Waals surface area contributed by atoms with Crippen LogP contribution in [-0.2, 0) is 16.6 Å². The van der Waals surface area contributed by atoms with E-state index in [9.17, 15) is 8.42 Å². The number of hydrogen-bond acceptors (Lipinski definition) is 4. The molecular weight excluding hydrogens is 348 g/mol. The summed E-state index contributed by atoms with van der Waals surface area (Å²) in [5.41, 5.74) is 4.15. The molecule has 0 unspecified atom stereocenters. The standard InChI is InChI=1S/C19H22N4O2S/c1-26(24,25)22-13-11-21(12-14-22)15-17-19(16-7-3-2-4-8-16)20-18-9-5-6-10-23(17)18/h2-10H,11-15H2,1H3. The fourth-order valence-corrected chi connectivity index (χ4v) is 4.28. The van der Waals surface area contributed by atoms with Crippen LogP contribution in [0.5, 0.6) is 0 Å². The summed E-state index contributed by atoms with van der Waals surface area (Å²) in [4.78, 5) is 7.13. The minimum absolute atomic E-state index is 0.538. The number of fused-ring (bicyclic) bond motifs is 1. The second kappa shape index (κ2) is 6.83. The average molecular weight is 370 g/mol. The van der Waals surface area contributed by atoms with Crippen molar-refractivity contribution < 1.29 is 8.42 Å². The summed E-state index contributed by atoms with van der Waals surface area (Å²) in [7, 11) is -3.11. The molecule has 1 aliphatic rings. The highest BCUT2D eigenvalue weighted by atomic mass is 32.2. The Labute approximate surface area is 153 Å². The molecular formula is C19H22N4O2S. The lowest BCUT2D eigenvalue weighted by atomic mass is 10.1. The maximum Gasteiger partial charge on any atom is 0.211 e. The Morgan fingerprint density at radius 3 is 2.35 bits per heavy atom. The summed E-state index contributed by atoms with van der Waals surface area (Å²) in [6, 6.07) is 16.2. The van der Waals surface area contributed by atoms with Crippen molar-refractivity contribution in [2.45, 2.75) is 6.54 Å². The van der Waals surface area contributed by atoms with E-state index in [-0.39, 0.29) is 0 Å². The molecule has 6 nitrogen and oxygen atoms in total. The fraction of sp³-hybridized carbons (Fsp3) is 0.316. The number of pyridine rings is 1. The number of imidazole rings is 1. The van der Waals surface area contributed by atoms with Crippen LogP contribution in [0.1, 0.15) is 5.69 Å². The molecule has 0 radical (unpaired) electrons. The first-order valence-corrected chi connectivity index (χ1v) is 10.6. The van der Waals surface area contributed by atoms with E-state index in [1.165, 1.54) is 6.26 Å². The second-order valence-electron chi connectivity index (χ2n) is 6.64. The third kappa shape index (κ3) is 3.38. The summed E-state index contributed by atoms with van der Waals surface area (Å²) >= 11 is 0. The monoisotopic (exact) mass is 370 g/mol. The summed E-state index contributed by atoms with van der Waals surface area (Å²) in [5, 5.41) is 0. The molecule has 26 heavy (non-hydrogen) atoms. The molecule has 3 aromatic rings. The van der Waals surface area contributed by atoms with Crippen molar-refractivity contribution in [2.24, 2.45) is 0 Å². The Hall–Kier alpha value is -2.22. The quantitative estimate of drug-likeness (QED) is 0.706. The van der Waals surface area contributed by atoms with Crippen LogP contribution in [0.15, 0.2) is 54.7 Å². The van der Waals surface area contributed by atoms with Crippen LogP contribution in [-0.4, -0.2) is 59.4 Å². The molecule has 0 amide bonds. The van der Waals surface area contributed by atoms with E-state index in [1.54, 1.807) is 4.31 Å². The number of hydrogen-bond donors (Lipinski definition) is 0. The maximum absolute atomic E-state index is 11.7. The molecule has 7 heteroatoms. The lowest BCUT2D eigenvalue weighted by Crippen LogP contribution is -2.47. The molecule has 1 aromatic carbocycles. The molecule has 1 fully saturated rings. The lowest BCUT2D eigenvalue weighted by Gasteiger charge is -2.33. The van der Waals surface area contributed by atoms with E-state index in [0.29, 0.717) is 13.1 Å². The highest BCUT2D eigenvalue weighted by Gasteiger charge is 2.25. The molecule has 2 aromatic heterocycles. The van der Waals surface area contributed by atoms with Crippen LogP contribution in [0.4, 0.5) is 0 Å². The van der Waals surface area contributed by atoms with Crippen LogP contribution in [0.3, 0.4) is 0 Å². The molecule has 0 atom stereocenters. The maximum atomic E-state index is 11.7. The number of sulfonamides is 1. The van der Waals surface area contributed by atoms with E-state index >= 15 is 0 Å². The Balaban J connectivity index is 1.64. The second-order valence-corrected chi connectivity index (χ2v) is 8.62. The van der Waals surface area contributed by atoms with Gasteiger partial charge in [-0.05, 0) is 12.1 Å². The Kier molecular flexibility index (Phi) is 4.52. The van der Waals surface area contributed by atoms with Gasteiger partial charge in [0, 0.05) is 44.5 Å². The third-order valence-electron chi connectivity index (χ3n) is 4.85. The molecule has 0 bridgehead atoms. The van der Waals surface area contributed by atoms with Gasteiger partial charge >= 0.3 is 0 Å². The summed E-state index contributed by atoms with van der Waals surface area (Å²) in [5.74, 6) is 0. The van der Waals surface area contributed by atoms with Crippen LogP contribution >= 0.6 is 0 Å². The molecule has 0 aliphatic carbocycles. The minimum Gasteiger partial charge on any atom is -0.302 e. The topological polar surface area (TPSA) is 57.9 Å². The zero-order valence-electron chi connectivity index (χ0n) is 14.7. The van der Waals surface area contributed by atoms with Gasteiger partial charge in [0.05, 0.1) is 17.6 Å². The van der Waals surface area contributed by atoms with Gasteiger partial charge in [0.1, 0.15) is 5.65 Å². The van der Waals surface area contributed by atoms with Crippen molar-refractivity contribution in [3.63, 3.8) is 0 Å². The van der Waals surface area contributed by atoms with E-state index in [1.807, 2.05) is 42.6 Å². The Morgan fingerprint density at radius 1 is 0.962 bits per heavy atom. The van der Waals surface area contributed by atoms with Crippen molar-refractivity contribution in [3.05, 3.63) is 60.4 Å². The zero-order valence-corrected chi connectivity index (χ0v) is 15.6. The van der Waals surface area contributed by atoms with Gasteiger partial charge in [-0.25, -0.2) is 13.4 Å². The predicted molar refractivity (Wildman–Crippen MR) is 102 cm³/mol.